The normalized spacial score (nSPS) is 11.2. The first-order valence-corrected chi connectivity index (χ1v) is 5.66. The van der Waals surface area contributed by atoms with Gasteiger partial charge in [-0.3, -0.25) is 4.79 Å². The Morgan fingerprint density at radius 2 is 2.20 bits per heavy atom. The molecule has 15 heavy (non-hydrogen) atoms. The molecule has 2 aromatic rings. The van der Waals surface area contributed by atoms with Crippen molar-refractivity contribution in [3.63, 3.8) is 0 Å². The van der Waals surface area contributed by atoms with Gasteiger partial charge in [0, 0.05) is 6.42 Å². The van der Waals surface area contributed by atoms with Gasteiger partial charge in [-0.25, -0.2) is 4.98 Å². The minimum Gasteiger partial charge on any atom is -0.299 e. The Bertz CT molecular complexity index is 454. The molecule has 2 nitrogen and oxygen atoms in total. The number of fused-ring (bicyclic) bond motifs is 1. The van der Waals surface area contributed by atoms with Gasteiger partial charge < -0.3 is 0 Å². The third kappa shape index (κ3) is 2.50. The summed E-state index contributed by atoms with van der Waals surface area (Å²) in [7, 11) is 0. The number of benzene rings is 1. The predicted octanol–water partition coefficient (Wildman–Crippen LogP) is 2.98. The van der Waals surface area contributed by atoms with Gasteiger partial charge in [0.1, 0.15) is 6.29 Å². The Hall–Kier alpha value is -1.48. The number of carbonyl (C=O) groups is 1. The van der Waals surface area contributed by atoms with Gasteiger partial charge in [0.25, 0.3) is 0 Å². The van der Waals surface area contributed by atoms with E-state index in [1.807, 2.05) is 24.3 Å². The largest absolute Gasteiger partial charge is 0.299 e. The molecule has 0 N–H and O–H groups in total. The van der Waals surface area contributed by atoms with E-state index in [1.54, 1.807) is 11.3 Å². The maximum Gasteiger partial charge on any atom is 0.142 e. The number of para-hydroxylation sites is 1. The maximum atomic E-state index is 10.1. The fourth-order valence-electron chi connectivity index (χ4n) is 1.39. The number of nitrogens with zero attached hydrogens (tertiary/aromatic N) is 1. The summed E-state index contributed by atoms with van der Waals surface area (Å²) >= 11 is 1.72. The molecule has 0 aliphatic heterocycles. The lowest BCUT2D eigenvalue weighted by atomic mass is 10.3. The van der Waals surface area contributed by atoms with Gasteiger partial charge in [-0.1, -0.05) is 18.2 Å². The number of hydrogen-bond acceptors (Lipinski definition) is 3. The van der Waals surface area contributed by atoms with Crippen molar-refractivity contribution in [1.82, 2.24) is 4.98 Å². The molecule has 0 fully saturated rings. The van der Waals surface area contributed by atoms with Gasteiger partial charge in [-0.15, -0.1) is 11.3 Å². The average Bonchev–Trinajstić information content (AvgIpc) is 2.67. The van der Waals surface area contributed by atoms with E-state index in [2.05, 4.69) is 11.1 Å². The number of hydrogen-bond donors (Lipinski definition) is 0. The van der Waals surface area contributed by atoms with E-state index in [0.717, 1.165) is 29.7 Å². The summed E-state index contributed by atoms with van der Waals surface area (Å²) in [6.45, 7) is 0. The molecule has 0 radical (unpaired) electrons. The number of allylic oxidation sites excluding steroid dienone is 2. The summed E-state index contributed by atoms with van der Waals surface area (Å²) in [6.07, 6.45) is 5.99. The summed E-state index contributed by atoms with van der Waals surface area (Å²) in [6, 6.07) is 8.13. The fraction of sp³-hybridized carbons (Fsp3) is 0.167. The van der Waals surface area contributed by atoms with Crippen LogP contribution < -0.4 is 0 Å². The number of thiazole rings is 1. The molecule has 0 amide bonds. The second-order valence-corrected chi connectivity index (χ2v) is 4.29. The van der Waals surface area contributed by atoms with Crippen molar-refractivity contribution in [3.05, 3.63) is 41.4 Å². The van der Waals surface area contributed by atoms with Crippen LogP contribution in [0.5, 0.6) is 0 Å². The minimum atomic E-state index is 0.804. The lowest BCUT2D eigenvalue weighted by Crippen LogP contribution is -1.80. The number of aryl methyl sites for hydroxylation is 1. The summed E-state index contributed by atoms with van der Waals surface area (Å²) < 4.78 is 1.23. The quantitative estimate of drug-likeness (QED) is 0.582. The van der Waals surface area contributed by atoms with Crippen LogP contribution in [0.2, 0.25) is 0 Å². The highest BCUT2D eigenvalue weighted by atomic mass is 32.1. The van der Waals surface area contributed by atoms with Crippen LogP contribution in [0.1, 0.15) is 11.4 Å². The summed E-state index contributed by atoms with van der Waals surface area (Å²) in [5.74, 6) is 0. The van der Waals surface area contributed by atoms with E-state index in [0.29, 0.717) is 0 Å². The van der Waals surface area contributed by atoms with Crippen LogP contribution in [0.3, 0.4) is 0 Å². The van der Waals surface area contributed by atoms with Crippen LogP contribution in [0, 0.1) is 0 Å². The predicted molar refractivity (Wildman–Crippen MR) is 63.1 cm³/mol. The Balaban J connectivity index is 2.08. The van der Waals surface area contributed by atoms with Gasteiger partial charge in [-0.05, 0) is 24.6 Å². The van der Waals surface area contributed by atoms with Crippen LogP contribution in [0.4, 0.5) is 0 Å². The highest BCUT2D eigenvalue weighted by Crippen LogP contribution is 2.22. The smallest absolute Gasteiger partial charge is 0.142 e. The van der Waals surface area contributed by atoms with E-state index in [-0.39, 0.29) is 0 Å². The van der Waals surface area contributed by atoms with Crippen molar-refractivity contribution in [1.29, 1.82) is 0 Å². The van der Waals surface area contributed by atoms with Crippen molar-refractivity contribution < 1.29 is 4.79 Å². The zero-order chi connectivity index (χ0) is 10.5. The molecule has 1 aromatic heterocycles. The lowest BCUT2D eigenvalue weighted by Gasteiger charge is -1.87. The number of rotatable bonds is 4. The first-order valence-electron chi connectivity index (χ1n) is 4.85. The number of carbonyl (C=O) groups excluding carboxylic acids is 1. The van der Waals surface area contributed by atoms with E-state index in [4.69, 9.17) is 0 Å². The summed E-state index contributed by atoms with van der Waals surface area (Å²) in [5, 5.41) is 1.13. The van der Waals surface area contributed by atoms with E-state index >= 15 is 0 Å². The first-order chi connectivity index (χ1) is 7.40. The van der Waals surface area contributed by atoms with Gasteiger partial charge in [0.15, 0.2) is 0 Å². The monoisotopic (exact) mass is 217 g/mol. The molecule has 0 saturated heterocycles. The van der Waals surface area contributed by atoms with Crippen molar-refractivity contribution in [2.75, 3.05) is 0 Å². The van der Waals surface area contributed by atoms with Crippen molar-refractivity contribution in [3.8, 4) is 0 Å². The Morgan fingerprint density at radius 1 is 1.33 bits per heavy atom. The van der Waals surface area contributed by atoms with Crippen LogP contribution in [-0.4, -0.2) is 11.3 Å². The zero-order valence-electron chi connectivity index (χ0n) is 8.22. The van der Waals surface area contributed by atoms with Crippen LogP contribution in [0.25, 0.3) is 10.2 Å². The highest BCUT2D eigenvalue weighted by Gasteiger charge is 2.00. The second kappa shape index (κ2) is 4.84. The molecule has 0 unspecified atom stereocenters. The summed E-state index contributed by atoms with van der Waals surface area (Å²) in [4.78, 5) is 14.6. The molecule has 0 aliphatic rings. The van der Waals surface area contributed by atoms with E-state index < -0.39 is 0 Å². The van der Waals surface area contributed by atoms with Gasteiger partial charge in [0.2, 0.25) is 0 Å². The molecule has 0 bridgehead atoms. The Labute approximate surface area is 92.3 Å². The van der Waals surface area contributed by atoms with Crippen LogP contribution in [-0.2, 0) is 11.2 Å². The molecule has 0 saturated carbocycles. The molecule has 2 rings (SSSR count). The minimum absolute atomic E-state index is 0.804. The molecule has 0 aliphatic carbocycles. The number of aromatic nitrogens is 1. The van der Waals surface area contributed by atoms with Crippen LogP contribution in [0.15, 0.2) is 36.4 Å². The Morgan fingerprint density at radius 3 is 3.00 bits per heavy atom. The third-order valence-corrected chi connectivity index (χ3v) is 3.17. The average molecular weight is 217 g/mol. The molecular weight excluding hydrogens is 206 g/mol. The fourth-order valence-corrected chi connectivity index (χ4v) is 2.37. The lowest BCUT2D eigenvalue weighted by molar-refractivity contribution is -0.104. The first kappa shape index (κ1) is 10.1. The van der Waals surface area contributed by atoms with E-state index in [1.165, 1.54) is 10.8 Å². The molecule has 1 aromatic carbocycles. The molecular formula is C12H11NOS. The second-order valence-electron chi connectivity index (χ2n) is 3.18. The Kier molecular flexibility index (Phi) is 3.25. The highest BCUT2D eigenvalue weighted by molar-refractivity contribution is 7.18. The van der Waals surface area contributed by atoms with Gasteiger partial charge in [0.05, 0.1) is 15.2 Å². The van der Waals surface area contributed by atoms with Crippen LogP contribution >= 0.6 is 11.3 Å². The maximum absolute atomic E-state index is 10.1. The van der Waals surface area contributed by atoms with Crippen molar-refractivity contribution >= 4 is 27.8 Å². The van der Waals surface area contributed by atoms with E-state index in [9.17, 15) is 4.79 Å². The zero-order valence-corrected chi connectivity index (χ0v) is 9.04. The summed E-state index contributed by atoms with van der Waals surface area (Å²) in [5.41, 5.74) is 1.07. The van der Waals surface area contributed by atoms with Gasteiger partial charge >= 0.3 is 0 Å². The standard InChI is InChI=1S/C12H11NOS/c14-9-5-1-2-8-12-13-10-6-3-4-7-11(10)15-12/h1,3-7,9H,2,8H2/b5-1+. The topological polar surface area (TPSA) is 30.0 Å². The SMILES string of the molecule is O=C/C=C/CCc1nc2ccccc2s1. The van der Waals surface area contributed by atoms with Crippen molar-refractivity contribution in [2.45, 2.75) is 12.8 Å². The third-order valence-electron chi connectivity index (χ3n) is 2.08. The van der Waals surface area contributed by atoms with Gasteiger partial charge in [-0.2, -0.15) is 0 Å². The molecule has 0 spiro atoms. The van der Waals surface area contributed by atoms with Crippen molar-refractivity contribution in [2.24, 2.45) is 0 Å². The number of aldehydes is 1. The molecule has 0 atom stereocenters. The molecule has 1 heterocycles. The molecule has 76 valence electrons. The molecule has 3 heteroatoms.